The van der Waals surface area contributed by atoms with Gasteiger partial charge in [-0.3, -0.25) is 0 Å². The molecule has 2 aliphatic carbocycles. The number of fused-ring (bicyclic) bond motifs is 2. The summed E-state index contributed by atoms with van der Waals surface area (Å²) in [5.41, 5.74) is 8.69. The Labute approximate surface area is 272 Å². The van der Waals surface area contributed by atoms with Gasteiger partial charge in [-0.1, -0.05) is 18.5 Å². The molecule has 0 aromatic heterocycles. The molecule has 4 heteroatoms. The van der Waals surface area contributed by atoms with Crippen molar-refractivity contribution < 1.29 is 48.0 Å². The summed E-state index contributed by atoms with van der Waals surface area (Å²) in [7, 11) is 0.605. The van der Waals surface area contributed by atoms with Gasteiger partial charge >= 0.3 is 221 Å². The second kappa shape index (κ2) is 14.0. The monoisotopic (exact) mass is 670 g/mol. The fourth-order valence-electron chi connectivity index (χ4n) is 6.04. The molecule has 1 saturated heterocycles. The maximum Gasteiger partial charge on any atom is -1.00 e. The number of hydrogen-bond acceptors (Lipinski definition) is 0. The van der Waals surface area contributed by atoms with Gasteiger partial charge in [-0.25, -0.2) is 0 Å². The number of allylic oxidation sites excluding steroid dienone is 8. The normalized spacial score (nSPS) is 19.4. The zero-order valence-corrected chi connectivity index (χ0v) is 29.9. The van der Waals surface area contributed by atoms with Crippen molar-refractivity contribution in [2.75, 3.05) is 0 Å². The van der Waals surface area contributed by atoms with Crippen LogP contribution in [-0.2, 0) is 23.2 Å². The van der Waals surface area contributed by atoms with Crippen LogP contribution in [-0.4, -0.2) is 9.52 Å². The summed E-state index contributed by atoms with van der Waals surface area (Å²) in [6.07, 6.45) is 6.60. The maximum atomic E-state index is 2.52. The van der Waals surface area contributed by atoms with E-state index in [0.717, 1.165) is 0 Å². The van der Waals surface area contributed by atoms with Crippen LogP contribution in [0.1, 0.15) is 45.2 Å². The van der Waals surface area contributed by atoms with E-state index in [1.165, 1.54) is 55.0 Å². The zero-order valence-electron chi connectivity index (χ0n) is 24.5. The summed E-state index contributed by atoms with van der Waals surface area (Å²) < 4.78 is 3.48. The minimum Gasteiger partial charge on any atom is -1.00 e. The second-order valence-corrected chi connectivity index (χ2v) is 16.9. The molecule has 4 aromatic carbocycles. The third-order valence-corrected chi connectivity index (χ3v) is 16.2. The average Bonchev–Trinajstić information content (AvgIpc) is 3.36. The molecule has 0 radical (unpaired) electrons. The van der Waals surface area contributed by atoms with Crippen molar-refractivity contribution in [3.8, 4) is 0 Å². The molecule has 0 saturated carbocycles. The Balaban J connectivity index is 0.000000596. The molecule has 2 atom stereocenters. The SMILES string of the molecule is C1C[SiH2]C1.CC1=[C]([Zr+2][C]2=C(C)C(c3ccc4ccccc4c3)=CC2C)C(C)C=C1c1ccc2ccccc2c1.[Cl-].[Cl-]. The molecule has 3 aliphatic rings. The van der Waals surface area contributed by atoms with Crippen LogP contribution in [0, 0.1) is 11.8 Å². The summed E-state index contributed by atoms with van der Waals surface area (Å²) in [4.78, 5) is 0. The molecule has 1 fully saturated rings. The number of hydrogen-bond donors (Lipinski definition) is 0. The molecular formula is C37H38Cl2SiZr. The van der Waals surface area contributed by atoms with E-state index in [4.69, 9.17) is 0 Å². The Morgan fingerprint density at radius 2 is 0.951 bits per heavy atom. The van der Waals surface area contributed by atoms with Crippen LogP contribution in [0.4, 0.5) is 0 Å². The minimum absolute atomic E-state index is 0. The smallest absolute Gasteiger partial charge is 1.00 e. The molecule has 1 heterocycles. The van der Waals surface area contributed by atoms with Crippen LogP contribution < -0.4 is 24.8 Å². The van der Waals surface area contributed by atoms with Gasteiger partial charge < -0.3 is 24.8 Å². The van der Waals surface area contributed by atoms with Crippen molar-refractivity contribution >= 4 is 42.2 Å². The van der Waals surface area contributed by atoms with E-state index < -0.39 is 23.2 Å². The maximum absolute atomic E-state index is 2.52. The van der Waals surface area contributed by atoms with Gasteiger partial charge in [0.15, 0.2) is 0 Å². The van der Waals surface area contributed by atoms with Crippen molar-refractivity contribution in [1.29, 1.82) is 0 Å². The standard InChI is InChI=1S/2C17H15.C3H8Si.2ClH.Zr/c2*1-12-9-13(2)17(10-12)16-8-7-14-5-3-4-6-15(14)11-16;1-2-4-3-1;;;/h2*3-8,10-12H,1-2H3;1-4H2;2*1H;/q;;;;;+2/p-2. The van der Waals surface area contributed by atoms with E-state index in [1.54, 1.807) is 25.1 Å². The Kier molecular flexibility index (Phi) is 10.9. The first kappa shape index (κ1) is 32.0. The Morgan fingerprint density at radius 3 is 1.32 bits per heavy atom. The average molecular weight is 673 g/mol. The predicted molar refractivity (Wildman–Crippen MR) is 170 cm³/mol. The summed E-state index contributed by atoms with van der Waals surface area (Å²) in [5, 5.41) is 5.28. The third-order valence-electron chi connectivity index (χ3n) is 8.75. The zero-order chi connectivity index (χ0) is 26.9. The van der Waals surface area contributed by atoms with E-state index in [1.807, 2.05) is 0 Å². The molecule has 1 aliphatic heterocycles. The fraction of sp³-hybridized carbons (Fsp3) is 0.243. The Hall–Kier alpha value is -1.96. The molecule has 4 aromatic rings. The molecule has 0 bridgehead atoms. The van der Waals surface area contributed by atoms with Gasteiger partial charge in [-0.2, -0.15) is 0 Å². The van der Waals surface area contributed by atoms with Crippen LogP contribution in [0.25, 0.3) is 32.7 Å². The Morgan fingerprint density at radius 1 is 0.585 bits per heavy atom. The number of benzene rings is 4. The van der Waals surface area contributed by atoms with Gasteiger partial charge in [0.2, 0.25) is 0 Å². The summed E-state index contributed by atoms with van der Waals surface area (Å²) in [6.45, 7) is 9.55. The van der Waals surface area contributed by atoms with E-state index in [0.29, 0.717) is 21.4 Å². The van der Waals surface area contributed by atoms with Gasteiger partial charge in [-0.15, -0.1) is 0 Å². The molecule has 0 N–H and O–H groups in total. The molecule has 41 heavy (non-hydrogen) atoms. The van der Waals surface area contributed by atoms with Crippen LogP contribution in [0.15, 0.2) is 115 Å². The van der Waals surface area contributed by atoms with Gasteiger partial charge in [-0.05, 0) is 0 Å². The summed E-state index contributed by atoms with van der Waals surface area (Å²) >= 11 is -0.881. The third kappa shape index (κ3) is 6.67. The number of rotatable bonds is 4. The molecule has 208 valence electrons. The minimum atomic E-state index is -0.881. The molecule has 2 unspecified atom stereocenters. The first-order valence-electron chi connectivity index (χ1n) is 14.6. The van der Waals surface area contributed by atoms with Crippen molar-refractivity contribution in [3.05, 3.63) is 126 Å². The van der Waals surface area contributed by atoms with Crippen molar-refractivity contribution in [2.24, 2.45) is 11.8 Å². The van der Waals surface area contributed by atoms with Gasteiger partial charge in [0.1, 0.15) is 0 Å². The van der Waals surface area contributed by atoms with Crippen molar-refractivity contribution in [1.82, 2.24) is 0 Å². The molecular weight excluding hydrogens is 635 g/mol. The van der Waals surface area contributed by atoms with E-state index in [2.05, 4.69) is 125 Å². The van der Waals surface area contributed by atoms with Gasteiger partial charge in [0.05, 0.1) is 0 Å². The van der Waals surface area contributed by atoms with Gasteiger partial charge in [0.25, 0.3) is 0 Å². The van der Waals surface area contributed by atoms with Crippen molar-refractivity contribution in [2.45, 2.75) is 46.2 Å². The molecule has 0 spiro atoms. The van der Waals surface area contributed by atoms with Crippen molar-refractivity contribution in [3.63, 3.8) is 0 Å². The van der Waals surface area contributed by atoms with Crippen LogP contribution in [0.5, 0.6) is 0 Å². The van der Waals surface area contributed by atoms with Crippen LogP contribution in [0.2, 0.25) is 12.1 Å². The molecule has 7 rings (SSSR count). The van der Waals surface area contributed by atoms with Crippen LogP contribution >= 0.6 is 0 Å². The fourth-order valence-corrected chi connectivity index (χ4v) is 10.4. The van der Waals surface area contributed by atoms with E-state index in [9.17, 15) is 0 Å². The summed E-state index contributed by atoms with van der Waals surface area (Å²) in [5.74, 6) is 1.08. The van der Waals surface area contributed by atoms with Gasteiger partial charge in [0, 0.05) is 9.52 Å². The second-order valence-electron chi connectivity index (χ2n) is 11.5. The van der Waals surface area contributed by atoms with E-state index >= 15 is 0 Å². The summed E-state index contributed by atoms with van der Waals surface area (Å²) in [6, 6.07) is 34.5. The molecule has 0 amide bonds. The topological polar surface area (TPSA) is 0 Å². The number of halogens is 2. The van der Waals surface area contributed by atoms with E-state index in [-0.39, 0.29) is 24.8 Å². The first-order valence-corrected chi connectivity index (χ1v) is 19.1. The first-order chi connectivity index (χ1) is 19.0. The predicted octanol–water partition coefficient (Wildman–Crippen LogP) is 3.79. The Bertz CT molecular complexity index is 1560. The van der Waals surface area contributed by atoms with Crippen LogP contribution in [0.3, 0.4) is 0 Å². The molecule has 0 nitrogen and oxygen atoms in total. The largest absolute Gasteiger partial charge is 1.00 e. The quantitative estimate of drug-likeness (QED) is 0.290.